The maximum atomic E-state index is 12.5. The van der Waals surface area contributed by atoms with Gasteiger partial charge in [-0.05, 0) is 44.7 Å². The zero-order valence-electron chi connectivity index (χ0n) is 14.3. The quantitative estimate of drug-likeness (QED) is 0.915. The van der Waals surface area contributed by atoms with E-state index in [4.69, 9.17) is 0 Å². The van der Waals surface area contributed by atoms with E-state index < -0.39 is 10.0 Å². The van der Waals surface area contributed by atoms with E-state index in [0.717, 1.165) is 24.0 Å². The van der Waals surface area contributed by atoms with Crippen LogP contribution in [0.25, 0.3) is 0 Å². The lowest BCUT2D eigenvalue weighted by Gasteiger charge is -2.31. The van der Waals surface area contributed by atoms with Gasteiger partial charge < -0.3 is 5.32 Å². The van der Waals surface area contributed by atoms with Gasteiger partial charge in [-0.1, -0.05) is 23.8 Å². The minimum atomic E-state index is -3.23. The van der Waals surface area contributed by atoms with Crippen LogP contribution in [-0.4, -0.2) is 38.0 Å². The maximum absolute atomic E-state index is 12.5. The van der Waals surface area contributed by atoms with E-state index in [1.54, 1.807) is 0 Å². The summed E-state index contributed by atoms with van der Waals surface area (Å²) in [4.78, 5) is 12.5. The lowest BCUT2D eigenvalue weighted by molar-refractivity contribution is -0.126. The summed E-state index contributed by atoms with van der Waals surface area (Å²) in [6, 6.07) is 6.09. The molecule has 1 aromatic rings. The standard InChI is InChI=1S/C17H26N2O3S/c1-12-7-8-16(13(2)10-12)14(3)18-17(20)15-6-5-9-19(11-15)23(4,21)22/h7-8,10,14-15H,5-6,9,11H2,1-4H3,(H,18,20)/t14-,15+/m1/s1. The van der Waals surface area contributed by atoms with Gasteiger partial charge in [0, 0.05) is 13.1 Å². The molecule has 0 radical (unpaired) electrons. The Labute approximate surface area is 139 Å². The van der Waals surface area contributed by atoms with Crippen LogP contribution in [0.15, 0.2) is 18.2 Å². The number of amides is 1. The number of aryl methyl sites for hydroxylation is 2. The molecule has 0 saturated carbocycles. The molecule has 1 saturated heterocycles. The van der Waals surface area contributed by atoms with Crippen molar-refractivity contribution in [2.24, 2.45) is 5.92 Å². The lowest BCUT2D eigenvalue weighted by Crippen LogP contribution is -2.45. The van der Waals surface area contributed by atoms with Gasteiger partial charge in [0.15, 0.2) is 0 Å². The molecular formula is C17H26N2O3S. The Morgan fingerprint density at radius 2 is 2.04 bits per heavy atom. The number of carbonyl (C=O) groups is 1. The molecule has 0 bridgehead atoms. The summed E-state index contributed by atoms with van der Waals surface area (Å²) < 4.78 is 24.7. The van der Waals surface area contributed by atoms with Gasteiger partial charge in [-0.3, -0.25) is 4.79 Å². The molecule has 1 N–H and O–H groups in total. The van der Waals surface area contributed by atoms with Crippen LogP contribution in [0.4, 0.5) is 0 Å². The van der Waals surface area contributed by atoms with E-state index in [0.29, 0.717) is 6.54 Å². The molecule has 1 aliphatic rings. The normalized spacial score (nSPS) is 21.0. The third-order valence-corrected chi connectivity index (χ3v) is 5.74. The van der Waals surface area contributed by atoms with E-state index in [-0.39, 0.29) is 24.4 Å². The molecule has 1 amide bonds. The zero-order chi connectivity index (χ0) is 17.2. The molecular weight excluding hydrogens is 312 g/mol. The molecule has 1 aromatic carbocycles. The topological polar surface area (TPSA) is 66.5 Å². The highest BCUT2D eigenvalue weighted by Crippen LogP contribution is 2.22. The predicted molar refractivity (Wildman–Crippen MR) is 91.6 cm³/mol. The molecule has 2 atom stereocenters. The molecule has 0 unspecified atom stereocenters. The van der Waals surface area contributed by atoms with Crippen LogP contribution in [0.3, 0.4) is 0 Å². The van der Waals surface area contributed by atoms with Gasteiger partial charge in [0.2, 0.25) is 15.9 Å². The SMILES string of the molecule is Cc1ccc([C@@H](C)NC(=O)[C@H]2CCCN(S(C)(=O)=O)C2)c(C)c1. The number of piperidine rings is 1. The van der Waals surface area contributed by atoms with Crippen molar-refractivity contribution < 1.29 is 13.2 Å². The summed E-state index contributed by atoms with van der Waals surface area (Å²) >= 11 is 0. The number of nitrogens with zero attached hydrogens (tertiary/aromatic N) is 1. The Morgan fingerprint density at radius 3 is 2.65 bits per heavy atom. The smallest absolute Gasteiger partial charge is 0.224 e. The highest BCUT2D eigenvalue weighted by Gasteiger charge is 2.30. The van der Waals surface area contributed by atoms with Gasteiger partial charge in [-0.15, -0.1) is 0 Å². The monoisotopic (exact) mass is 338 g/mol. The van der Waals surface area contributed by atoms with E-state index in [1.807, 2.05) is 32.9 Å². The van der Waals surface area contributed by atoms with Crippen LogP contribution < -0.4 is 5.32 Å². The van der Waals surface area contributed by atoms with E-state index in [1.165, 1.54) is 16.1 Å². The van der Waals surface area contributed by atoms with Crippen molar-refractivity contribution in [2.75, 3.05) is 19.3 Å². The fourth-order valence-corrected chi connectivity index (χ4v) is 4.09. The Hall–Kier alpha value is -1.40. The van der Waals surface area contributed by atoms with Gasteiger partial charge in [-0.25, -0.2) is 12.7 Å². The summed E-state index contributed by atoms with van der Waals surface area (Å²) in [5, 5.41) is 3.04. The average Bonchev–Trinajstić information content (AvgIpc) is 2.46. The van der Waals surface area contributed by atoms with Gasteiger partial charge in [0.05, 0.1) is 18.2 Å². The third-order valence-electron chi connectivity index (χ3n) is 4.47. The van der Waals surface area contributed by atoms with Gasteiger partial charge in [0.25, 0.3) is 0 Å². The van der Waals surface area contributed by atoms with Crippen molar-refractivity contribution in [1.82, 2.24) is 9.62 Å². The molecule has 23 heavy (non-hydrogen) atoms. The second-order valence-electron chi connectivity index (χ2n) is 6.55. The molecule has 0 spiro atoms. The van der Waals surface area contributed by atoms with Crippen molar-refractivity contribution in [3.63, 3.8) is 0 Å². The Kier molecular flexibility index (Phi) is 5.47. The molecule has 2 rings (SSSR count). The molecule has 0 aromatic heterocycles. The summed E-state index contributed by atoms with van der Waals surface area (Å²) in [5.41, 5.74) is 3.44. The third kappa shape index (κ3) is 4.54. The summed E-state index contributed by atoms with van der Waals surface area (Å²) in [7, 11) is -3.23. The zero-order valence-corrected chi connectivity index (χ0v) is 15.1. The van der Waals surface area contributed by atoms with Crippen LogP contribution >= 0.6 is 0 Å². The van der Waals surface area contributed by atoms with Crippen LogP contribution in [0.1, 0.15) is 42.5 Å². The summed E-state index contributed by atoms with van der Waals surface area (Å²) in [6.07, 6.45) is 2.66. The molecule has 1 fully saturated rings. The fraction of sp³-hybridized carbons (Fsp3) is 0.588. The highest BCUT2D eigenvalue weighted by molar-refractivity contribution is 7.88. The first-order valence-electron chi connectivity index (χ1n) is 8.01. The van der Waals surface area contributed by atoms with Crippen molar-refractivity contribution in [3.05, 3.63) is 34.9 Å². The minimum absolute atomic E-state index is 0.0641. The van der Waals surface area contributed by atoms with E-state index in [9.17, 15) is 13.2 Å². The molecule has 1 heterocycles. The second-order valence-corrected chi connectivity index (χ2v) is 8.53. The molecule has 128 valence electrons. The molecule has 6 heteroatoms. The molecule has 0 aliphatic carbocycles. The van der Waals surface area contributed by atoms with Crippen molar-refractivity contribution in [3.8, 4) is 0 Å². The summed E-state index contributed by atoms with van der Waals surface area (Å²) in [6.45, 7) is 6.84. The molecule has 1 aliphatic heterocycles. The predicted octanol–water partition coefficient (Wildman–Crippen LogP) is 2.15. The fourth-order valence-electron chi connectivity index (χ4n) is 3.18. The van der Waals surface area contributed by atoms with E-state index >= 15 is 0 Å². The summed E-state index contributed by atoms with van der Waals surface area (Å²) in [5.74, 6) is -0.336. The highest BCUT2D eigenvalue weighted by atomic mass is 32.2. The average molecular weight is 338 g/mol. The Balaban J connectivity index is 2.03. The molecule has 5 nitrogen and oxygen atoms in total. The van der Waals surface area contributed by atoms with Crippen LogP contribution in [0, 0.1) is 19.8 Å². The first kappa shape index (κ1) is 17.9. The first-order chi connectivity index (χ1) is 10.7. The van der Waals surface area contributed by atoms with Crippen molar-refractivity contribution >= 4 is 15.9 Å². The Morgan fingerprint density at radius 1 is 1.35 bits per heavy atom. The number of nitrogens with one attached hydrogen (secondary N) is 1. The maximum Gasteiger partial charge on any atom is 0.224 e. The largest absolute Gasteiger partial charge is 0.349 e. The van der Waals surface area contributed by atoms with Gasteiger partial charge in [-0.2, -0.15) is 0 Å². The van der Waals surface area contributed by atoms with Crippen molar-refractivity contribution in [1.29, 1.82) is 0 Å². The second kappa shape index (κ2) is 7.01. The van der Waals surface area contributed by atoms with Crippen LogP contribution in [0.5, 0.6) is 0 Å². The number of rotatable bonds is 4. The lowest BCUT2D eigenvalue weighted by atomic mass is 9.96. The number of benzene rings is 1. The number of hydrogen-bond acceptors (Lipinski definition) is 3. The van der Waals surface area contributed by atoms with Crippen LogP contribution in [0.2, 0.25) is 0 Å². The number of sulfonamides is 1. The number of hydrogen-bond donors (Lipinski definition) is 1. The van der Waals surface area contributed by atoms with Gasteiger partial charge in [0.1, 0.15) is 0 Å². The Bertz CT molecular complexity index is 685. The van der Waals surface area contributed by atoms with Crippen molar-refractivity contribution in [2.45, 2.75) is 39.7 Å². The number of carbonyl (C=O) groups excluding carboxylic acids is 1. The van der Waals surface area contributed by atoms with E-state index in [2.05, 4.69) is 11.4 Å². The van der Waals surface area contributed by atoms with Crippen LogP contribution in [-0.2, 0) is 14.8 Å². The van der Waals surface area contributed by atoms with Gasteiger partial charge >= 0.3 is 0 Å². The first-order valence-corrected chi connectivity index (χ1v) is 9.86. The minimum Gasteiger partial charge on any atom is -0.349 e.